The van der Waals surface area contributed by atoms with Crippen molar-refractivity contribution in [2.24, 2.45) is 23.2 Å². The summed E-state index contributed by atoms with van der Waals surface area (Å²) >= 11 is 0. The summed E-state index contributed by atoms with van der Waals surface area (Å²) in [7, 11) is 1.63. The summed E-state index contributed by atoms with van der Waals surface area (Å²) in [6.07, 6.45) is 2.09. The molecule has 7 rings (SSSR count). The second-order valence-electron chi connectivity index (χ2n) is 14.6. The van der Waals surface area contributed by atoms with Gasteiger partial charge in [-0.3, -0.25) is 4.98 Å². The number of benzene rings is 2. The van der Waals surface area contributed by atoms with Crippen molar-refractivity contribution in [3.8, 4) is 23.1 Å². The van der Waals surface area contributed by atoms with E-state index in [4.69, 9.17) is 23.4 Å². The van der Waals surface area contributed by atoms with Gasteiger partial charge in [0.15, 0.2) is 6.29 Å². The topological polar surface area (TPSA) is 141 Å². The van der Waals surface area contributed by atoms with Gasteiger partial charge in [-0.2, -0.15) is 5.26 Å². The van der Waals surface area contributed by atoms with Gasteiger partial charge >= 0.3 is 11.6 Å². The fourth-order valence-electron chi connectivity index (χ4n) is 9.12. The highest BCUT2D eigenvalue weighted by molar-refractivity contribution is 5.89. The van der Waals surface area contributed by atoms with Crippen molar-refractivity contribution in [2.45, 2.75) is 77.2 Å². The van der Waals surface area contributed by atoms with Crippen LogP contribution in [0.25, 0.3) is 11.3 Å². The summed E-state index contributed by atoms with van der Waals surface area (Å²) < 4.78 is 31.5. The molecular weight excluding hydrogens is 648 g/mol. The van der Waals surface area contributed by atoms with Gasteiger partial charge in [0, 0.05) is 42.6 Å². The quantitative estimate of drug-likeness (QED) is 0.158. The summed E-state index contributed by atoms with van der Waals surface area (Å²) in [5, 5.41) is 21.6. The SMILES string of the molecule is COC(OC1CCC2(C)C(CC(OC(=O)c3ccc(C#N)cc3)C3(C)Oc4cc(-c5cccnc5)oc(=O)c4C(O)C23)C1C)c1cccc(C)c1. The van der Waals surface area contributed by atoms with Gasteiger partial charge in [-0.05, 0) is 86.8 Å². The van der Waals surface area contributed by atoms with E-state index < -0.39 is 47.0 Å². The van der Waals surface area contributed by atoms with E-state index in [1.165, 1.54) is 0 Å². The molecule has 2 fully saturated rings. The standard InChI is InChI=1S/C41H42N2O8/c1-23-8-6-9-27(18-23)39(47-5)49-30-15-16-40(3)29(24(30)2)19-33(50-37(45)26-13-11-25(21-42)12-14-26)41(4)36(40)35(44)34-32(51-41)20-31(48-38(34)46)28-10-7-17-43-22-28/h6-14,17-18,20,22,24,29-30,33,35-36,39,44H,15-16,19H2,1-5H3. The van der Waals surface area contributed by atoms with Crippen LogP contribution in [0.1, 0.15) is 85.0 Å². The fraction of sp³-hybridized carbons (Fsp3) is 0.415. The minimum Gasteiger partial charge on any atom is -0.482 e. The number of pyridine rings is 1. The van der Waals surface area contributed by atoms with Crippen LogP contribution in [0.15, 0.2) is 88.3 Å². The van der Waals surface area contributed by atoms with E-state index >= 15 is 0 Å². The minimum atomic E-state index is -1.27. The van der Waals surface area contributed by atoms with Crippen LogP contribution in [0, 0.1) is 41.4 Å². The second kappa shape index (κ2) is 13.4. The molecule has 1 N–H and O–H groups in total. The van der Waals surface area contributed by atoms with E-state index in [9.17, 15) is 20.0 Å². The predicted octanol–water partition coefficient (Wildman–Crippen LogP) is 7.09. The number of rotatable bonds is 7. The molecule has 9 atom stereocenters. The van der Waals surface area contributed by atoms with Crippen LogP contribution < -0.4 is 10.4 Å². The highest BCUT2D eigenvalue weighted by atomic mass is 16.7. The van der Waals surface area contributed by atoms with E-state index in [-0.39, 0.29) is 40.6 Å². The maximum atomic E-state index is 13.8. The van der Waals surface area contributed by atoms with Gasteiger partial charge in [-0.25, -0.2) is 9.59 Å². The minimum absolute atomic E-state index is 0.0501. The lowest BCUT2D eigenvalue weighted by Crippen LogP contribution is -2.69. The molecule has 0 bridgehead atoms. The van der Waals surface area contributed by atoms with Crippen LogP contribution in [0.3, 0.4) is 0 Å². The molecular formula is C41H42N2O8. The first-order chi connectivity index (χ1) is 24.5. The van der Waals surface area contributed by atoms with Gasteiger partial charge in [-0.1, -0.05) is 43.7 Å². The molecule has 2 saturated carbocycles. The Kier molecular flexibility index (Phi) is 9.08. The molecule has 3 aliphatic rings. The summed E-state index contributed by atoms with van der Waals surface area (Å²) in [6, 6.07) is 21.5. The second-order valence-corrected chi connectivity index (χ2v) is 14.6. The Hall–Kier alpha value is -4.82. The Morgan fingerprint density at radius 2 is 1.90 bits per heavy atom. The molecule has 1 aliphatic heterocycles. The first kappa shape index (κ1) is 34.6. The fourth-order valence-corrected chi connectivity index (χ4v) is 9.12. The molecule has 10 nitrogen and oxygen atoms in total. The molecule has 0 saturated heterocycles. The Labute approximate surface area is 297 Å². The first-order valence-electron chi connectivity index (χ1n) is 17.4. The molecule has 4 aromatic rings. The molecule has 0 amide bonds. The van der Waals surface area contributed by atoms with Gasteiger partial charge in [0.2, 0.25) is 0 Å². The smallest absolute Gasteiger partial charge is 0.345 e. The zero-order chi connectivity index (χ0) is 36.1. The molecule has 0 radical (unpaired) electrons. The van der Waals surface area contributed by atoms with Gasteiger partial charge < -0.3 is 28.5 Å². The number of esters is 1. The van der Waals surface area contributed by atoms with Gasteiger partial charge in [-0.15, -0.1) is 0 Å². The first-order valence-corrected chi connectivity index (χ1v) is 17.4. The molecule has 0 spiro atoms. The maximum absolute atomic E-state index is 13.8. The summed E-state index contributed by atoms with van der Waals surface area (Å²) in [4.78, 5) is 31.6. The van der Waals surface area contributed by atoms with E-state index in [2.05, 4.69) is 31.0 Å². The van der Waals surface area contributed by atoms with E-state index in [0.29, 0.717) is 30.4 Å². The number of fused-ring (bicyclic) bond motifs is 4. The van der Waals surface area contributed by atoms with Crippen molar-refractivity contribution in [3.63, 3.8) is 0 Å². The van der Waals surface area contributed by atoms with Crippen LogP contribution in [0.5, 0.6) is 5.75 Å². The zero-order valence-corrected chi connectivity index (χ0v) is 29.4. The molecule has 2 aromatic carbocycles. The number of hydrogen-bond donors (Lipinski definition) is 1. The van der Waals surface area contributed by atoms with Crippen molar-refractivity contribution in [1.82, 2.24) is 4.98 Å². The third-order valence-electron chi connectivity index (χ3n) is 11.6. The lowest BCUT2D eigenvalue weighted by atomic mass is 9.46. The van der Waals surface area contributed by atoms with Crippen LogP contribution >= 0.6 is 0 Å². The molecule has 51 heavy (non-hydrogen) atoms. The lowest BCUT2D eigenvalue weighted by Gasteiger charge is -2.64. The highest BCUT2D eigenvalue weighted by Gasteiger charge is 2.68. The highest BCUT2D eigenvalue weighted by Crippen LogP contribution is 2.65. The average Bonchev–Trinajstić information content (AvgIpc) is 3.12. The van der Waals surface area contributed by atoms with Crippen molar-refractivity contribution in [3.05, 3.63) is 117 Å². The van der Waals surface area contributed by atoms with E-state index in [0.717, 1.165) is 11.1 Å². The number of hydrogen-bond acceptors (Lipinski definition) is 10. The molecule has 3 heterocycles. The van der Waals surface area contributed by atoms with Crippen LogP contribution in [0.4, 0.5) is 0 Å². The number of ether oxygens (including phenoxy) is 4. The lowest BCUT2D eigenvalue weighted by molar-refractivity contribution is -0.258. The normalized spacial score (nSPS) is 30.1. The Bertz CT molecular complexity index is 2020. The zero-order valence-electron chi connectivity index (χ0n) is 29.4. The number of aromatic nitrogens is 1. The number of methoxy groups -OCH3 is 1. The van der Waals surface area contributed by atoms with Gasteiger partial charge in [0.25, 0.3) is 0 Å². The van der Waals surface area contributed by atoms with Crippen LogP contribution in [-0.4, -0.2) is 41.0 Å². The predicted molar refractivity (Wildman–Crippen MR) is 186 cm³/mol. The largest absolute Gasteiger partial charge is 0.482 e. The van der Waals surface area contributed by atoms with Crippen LogP contribution in [-0.2, 0) is 14.2 Å². The molecule has 10 heteroatoms. The van der Waals surface area contributed by atoms with Crippen molar-refractivity contribution in [1.29, 1.82) is 5.26 Å². The molecule has 2 aliphatic carbocycles. The molecule has 2 aromatic heterocycles. The average molecular weight is 691 g/mol. The number of aliphatic hydroxyl groups is 1. The van der Waals surface area contributed by atoms with E-state index in [1.54, 1.807) is 62.0 Å². The molecule has 264 valence electrons. The van der Waals surface area contributed by atoms with E-state index in [1.807, 2.05) is 32.0 Å². The summed E-state index contributed by atoms with van der Waals surface area (Å²) in [5.74, 6) is -0.950. The number of carbonyl (C=O) groups is 1. The number of aliphatic hydroxyl groups excluding tert-OH is 1. The monoisotopic (exact) mass is 690 g/mol. The van der Waals surface area contributed by atoms with Gasteiger partial charge in [0.05, 0.1) is 29.4 Å². The number of nitriles is 1. The Morgan fingerprint density at radius 3 is 2.59 bits per heavy atom. The third kappa shape index (κ3) is 6.03. The number of carbonyl (C=O) groups excluding carboxylic acids is 1. The van der Waals surface area contributed by atoms with Crippen molar-refractivity contribution < 1.29 is 33.3 Å². The number of aryl methyl sites for hydroxylation is 1. The van der Waals surface area contributed by atoms with Crippen molar-refractivity contribution in [2.75, 3.05) is 7.11 Å². The summed E-state index contributed by atoms with van der Waals surface area (Å²) in [6.45, 7) is 8.17. The number of nitrogens with zero attached hydrogens (tertiary/aromatic N) is 2. The van der Waals surface area contributed by atoms with Gasteiger partial charge in [0.1, 0.15) is 28.8 Å². The third-order valence-corrected chi connectivity index (χ3v) is 11.6. The molecule has 9 unspecified atom stereocenters. The Balaban J connectivity index is 1.28. The maximum Gasteiger partial charge on any atom is 0.345 e. The van der Waals surface area contributed by atoms with Crippen LogP contribution in [0.2, 0.25) is 0 Å². The Morgan fingerprint density at radius 1 is 1.12 bits per heavy atom. The van der Waals surface area contributed by atoms with Crippen molar-refractivity contribution >= 4 is 5.97 Å². The summed E-state index contributed by atoms with van der Waals surface area (Å²) in [5.41, 5.74) is 0.892.